The number of halogens is 3. The van der Waals surface area contributed by atoms with Gasteiger partial charge in [-0.3, -0.25) is 4.79 Å². The zero-order valence-electron chi connectivity index (χ0n) is 19.6. The van der Waals surface area contributed by atoms with Crippen molar-refractivity contribution in [1.82, 2.24) is 0 Å². The number of ether oxygens (including phenoxy) is 1. The van der Waals surface area contributed by atoms with Gasteiger partial charge >= 0.3 is 0 Å². The Bertz CT molecular complexity index is 1350. The van der Waals surface area contributed by atoms with Crippen molar-refractivity contribution in [3.05, 3.63) is 86.9 Å². The fourth-order valence-electron chi connectivity index (χ4n) is 4.95. The summed E-state index contributed by atoms with van der Waals surface area (Å²) in [4.78, 5) is 24.5. The van der Waals surface area contributed by atoms with E-state index in [0.29, 0.717) is 38.8 Å². The molecule has 1 unspecified atom stereocenters. The van der Waals surface area contributed by atoms with Crippen LogP contribution in [-0.4, -0.2) is 17.9 Å². The van der Waals surface area contributed by atoms with Crippen LogP contribution in [0.3, 0.4) is 0 Å². The number of rotatable bonds is 6. The molecule has 9 heteroatoms. The number of nitrogens with zero attached hydrogens (tertiary/aromatic N) is 1. The zero-order chi connectivity index (χ0) is 24.9. The van der Waals surface area contributed by atoms with Gasteiger partial charge in [0.25, 0.3) is 0 Å². The summed E-state index contributed by atoms with van der Waals surface area (Å²) < 4.78 is 20.6. The second-order valence-electron chi connectivity index (χ2n) is 9.49. The van der Waals surface area contributed by atoms with Crippen molar-refractivity contribution in [1.29, 1.82) is 0 Å². The summed E-state index contributed by atoms with van der Waals surface area (Å²) in [7, 11) is 0. The van der Waals surface area contributed by atoms with Crippen molar-refractivity contribution >= 4 is 40.7 Å². The molecular weight excluding hydrogens is 603 g/mol. The molecule has 2 saturated carbocycles. The van der Waals surface area contributed by atoms with Crippen LogP contribution in [0.25, 0.3) is 16.4 Å². The standard InChI is InChI=1S/C27H23Cl2FN2O3.Cd/c1-27-12-16(27)11-17(13-27)35-23-10-14(18-9-15(25(31)33)5-7-19(18)28)6-8-22(23)32-26(34)24-20(29)3-2-4-21(24)30;/h2-10,16-17H,11-13H2,1H3,(H3,31,32,33,34);/p-1/t16-,17+,27?;/m1./s1. The first-order valence-corrected chi connectivity index (χ1v) is 12.0. The van der Waals surface area contributed by atoms with E-state index in [-0.39, 0.29) is 49.7 Å². The Hall–Kier alpha value is -2.17. The minimum atomic E-state index is -0.805. The number of amides is 2. The number of hydrogen-bond donors (Lipinski definition) is 1. The Balaban J connectivity index is 0.00000304. The SMILES string of the molecule is CC12C[C@@H](Oc3cc(-c4cc(C(N)=O)ccc4Cl)ccc3[N-]C(=O)c3c(F)cccc3Cl)C[C@@H]1C2.[Cd]. The van der Waals surface area contributed by atoms with Crippen molar-refractivity contribution in [3.63, 3.8) is 0 Å². The Labute approximate surface area is 238 Å². The van der Waals surface area contributed by atoms with Crippen molar-refractivity contribution in [2.45, 2.75) is 32.3 Å². The number of fused-ring (bicyclic) bond motifs is 1. The summed E-state index contributed by atoms with van der Waals surface area (Å²) >= 11 is 12.5. The molecule has 5 rings (SSSR count). The van der Waals surface area contributed by atoms with E-state index >= 15 is 0 Å². The summed E-state index contributed by atoms with van der Waals surface area (Å²) in [6.45, 7) is 2.25. The number of carbonyl (C=O) groups excluding carboxylic acids is 2. The van der Waals surface area contributed by atoms with Gasteiger partial charge in [0.15, 0.2) is 0 Å². The quantitative estimate of drug-likeness (QED) is 0.292. The van der Waals surface area contributed by atoms with Crippen LogP contribution in [0.1, 0.15) is 46.9 Å². The first-order valence-electron chi connectivity index (χ1n) is 11.2. The van der Waals surface area contributed by atoms with Crippen molar-refractivity contribution in [2.24, 2.45) is 17.1 Å². The van der Waals surface area contributed by atoms with Crippen LogP contribution in [0.5, 0.6) is 5.75 Å². The summed E-state index contributed by atoms with van der Waals surface area (Å²) in [5.41, 5.74) is 7.26. The number of primary amides is 1. The fraction of sp³-hybridized carbons (Fsp3) is 0.259. The van der Waals surface area contributed by atoms with Gasteiger partial charge in [0.1, 0.15) is 11.6 Å². The molecule has 2 aliphatic rings. The molecule has 0 saturated heterocycles. The van der Waals surface area contributed by atoms with Gasteiger partial charge in [0, 0.05) is 43.4 Å². The van der Waals surface area contributed by atoms with Gasteiger partial charge in [0.2, 0.25) is 5.91 Å². The molecule has 0 heterocycles. The molecular formula is C27H22CdCl2FN2O3-. The minimum absolute atomic E-state index is 0. The average molecular weight is 625 g/mol. The molecule has 0 radical (unpaired) electrons. The van der Waals surface area contributed by atoms with E-state index in [9.17, 15) is 14.0 Å². The molecule has 2 amide bonds. The monoisotopic (exact) mass is 625 g/mol. The van der Waals surface area contributed by atoms with Crippen LogP contribution >= 0.6 is 23.2 Å². The molecule has 3 aromatic carbocycles. The first-order chi connectivity index (χ1) is 16.6. The summed E-state index contributed by atoms with van der Waals surface area (Å²) in [5.74, 6) is -1.11. The van der Waals surface area contributed by atoms with Crippen molar-refractivity contribution in [3.8, 4) is 16.9 Å². The van der Waals surface area contributed by atoms with E-state index in [4.69, 9.17) is 33.7 Å². The maximum atomic E-state index is 14.3. The van der Waals surface area contributed by atoms with E-state index in [2.05, 4.69) is 12.2 Å². The third kappa shape index (κ3) is 5.26. The molecule has 36 heavy (non-hydrogen) atoms. The second kappa shape index (κ2) is 10.3. The summed E-state index contributed by atoms with van der Waals surface area (Å²) in [6, 6.07) is 13.8. The third-order valence-electron chi connectivity index (χ3n) is 6.99. The topological polar surface area (TPSA) is 83.5 Å². The smallest absolute Gasteiger partial charge is 0.248 e. The molecule has 182 valence electrons. The van der Waals surface area contributed by atoms with Gasteiger partial charge in [-0.05, 0) is 72.6 Å². The summed E-state index contributed by atoms with van der Waals surface area (Å²) in [5, 5.41) is 4.56. The normalized spacial score (nSPS) is 21.8. The number of nitrogens with two attached hydrogens (primary N) is 1. The van der Waals surface area contributed by atoms with Gasteiger partial charge in [-0.25, -0.2) is 4.39 Å². The first kappa shape index (κ1) is 26.9. The Morgan fingerprint density at radius 3 is 2.53 bits per heavy atom. The molecule has 0 spiro atoms. The molecule has 3 aromatic rings. The molecule has 5 nitrogen and oxygen atoms in total. The number of hydrogen-bond acceptors (Lipinski definition) is 3. The molecule has 2 aliphatic carbocycles. The van der Waals surface area contributed by atoms with Crippen LogP contribution in [0.4, 0.5) is 10.1 Å². The molecule has 0 bridgehead atoms. The Kier molecular flexibility index (Phi) is 7.69. The Morgan fingerprint density at radius 1 is 1.08 bits per heavy atom. The van der Waals surface area contributed by atoms with Gasteiger partial charge in [-0.15, -0.1) is 0 Å². The van der Waals surface area contributed by atoms with Crippen LogP contribution in [0, 0.1) is 17.2 Å². The second-order valence-corrected chi connectivity index (χ2v) is 10.3. The van der Waals surface area contributed by atoms with Gasteiger partial charge in [0.05, 0.1) is 22.6 Å². The van der Waals surface area contributed by atoms with E-state index in [1.807, 2.05) is 0 Å². The zero-order valence-corrected chi connectivity index (χ0v) is 25.1. The van der Waals surface area contributed by atoms with E-state index in [0.717, 1.165) is 18.9 Å². The van der Waals surface area contributed by atoms with Crippen molar-refractivity contribution < 1.29 is 46.0 Å². The maximum Gasteiger partial charge on any atom is 0.248 e. The minimum Gasteiger partial charge on any atom is -0.620 e. The third-order valence-corrected chi connectivity index (χ3v) is 7.64. The van der Waals surface area contributed by atoms with Crippen LogP contribution < -0.4 is 10.5 Å². The summed E-state index contributed by atoms with van der Waals surface area (Å²) in [6.07, 6.45) is 3.00. The maximum absolute atomic E-state index is 14.3. The molecule has 2 N–H and O–H groups in total. The van der Waals surface area contributed by atoms with Gasteiger partial charge < -0.3 is 20.6 Å². The van der Waals surface area contributed by atoms with Crippen LogP contribution in [0.15, 0.2) is 54.6 Å². The van der Waals surface area contributed by atoms with Gasteiger partial charge in [-0.2, -0.15) is 0 Å². The average Bonchev–Trinajstić information content (AvgIpc) is 3.31. The molecule has 0 aliphatic heterocycles. The molecule has 2 fully saturated rings. The fourth-order valence-corrected chi connectivity index (χ4v) is 5.42. The van der Waals surface area contributed by atoms with Crippen molar-refractivity contribution in [2.75, 3.05) is 0 Å². The largest absolute Gasteiger partial charge is 0.620 e. The Morgan fingerprint density at radius 2 is 1.86 bits per heavy atom. The van der Waals surface area contributed by atoms with Gasteiger partial charge in [-0.1, -0.05) is 54.0 Å². The predicted molar refractivity (Wildman–Crippen MR) is 134 cm³/mol. The number of carbonyl (C=O) groups is 2. The van der Waals surface area contributed by atoms with E-state index in [1.54, 1.807) is 36.4 Å². The predicted octanol–water partition coefficient (Wildman–Crippen LogP) is 7.31. The molecule has 0 aromatic heterocycles. The van der Waals surface area contributed by atoms with E-state index < -0.39 is 17.6 Å². The molecule has 3 atom stereocenters. The van der Waals surface area contributed by atoms with Crippen LogP contribution in [-0.2, 0) is 27.3 Å². The van der Waals surface area contributed by atoms with E-state index in [1.165, 1.54) is 18.6 Å². The van der Waals surface area contributed by atoms with Crippen LogP contribution in [0.2, 0.25) is 10.0 Å². The number of benzene rings is 3.